The van der Waals surface area contributed by atoms with Gasteiger partial charge in [-0.2, -0.15) is 0 Å². The predicted octanol–water partition coefficient (Wildman–Crippen LogP) is 0.913. The number of amides is 4. The summed E-state index contributed by atoms with van der Waals surface area (Å²) in [6.07, 6.45) is 1.75. The average molecular weight is 359 g/mol. The maximum Gasteiger partial charge on any atom is 0.326 e. The van der Waals surface area contributed by atoms with E-state index in [9.17, 15) is 19.2 Å². The molecule has 0 bridgehead atoms. The van der Waals surface area contributed by atoms with Crippen LogP contribution in [0.15, 0.2) is 30.3 Å². The van der Waals surface area contributed by atoms with Crippen LogP contribution in [0, 0.1) is 5.92 Å². The Morgan fingerprint density at radius 2 is 1.92 bits per heavy atom. The van der Waals surface area contributed by atoms with Crippen LogP contribution in [0.2, 0.25) is 0 Å². The van der Waals surface area contributed by atoms with E-state index in [1.54, 1.807) is 38.2 Å². The van der Waals surface area contributed by atoms with E-state index in [2.05, 4.69) is 5.32 Å². The van der Waals surface area contributed by atoms with Gasteiger partial charge in [0.2, 0.25) is 0 Å². The molecule has 1 unspecified atom stereocenters. The van der Waals surface area contributed by atoms with Crippen LogP contribution >= 0.6 is 0 Å². The van der Waals surface area contributed by atoms with E-state index in [-0.39, 0.29) is 5.92 Å². The van der Waals surface area contributed by atoms with E-state index >= 15 is 0 Å². The van der Waals surface area contributed by atoms with Crippen molar-refractivity contribution in [2.24, 2.45) is 5.92 Å². The number of carbonyl (C=O) groups is 4. The van der Waals surface area contributed by atoms with Crippen molar-refractivity contribution in [1.29, 1.82) is 0 Å². The molecule has 1 heterocycles. The highest BCUT2D eigenvalue weighted by Crippen LogP contribution is 2.42. The first-order chi connectivity index (χ1) is 12.3. The van der Waals surface area contributed by atoms with Crippen LogP contribution in [0.3, 0.4) is 0 Å². The van der Waals surface area contributed by atoms with Gasteiger partial charge in [0.25, 0.3) is 11.8 Å². The van der Waals surface area contributed by atoms with E-state index in [1.165, 1.54) is 4.90 Å². The number of imide groups is 1. The number of urea groups is 1. The molecule has 1 aliphatic heterocycles. The smallest absolute Gasteiger partial charge is 0.326 e. The number of likely N-dealkylation sites (N-methyl/N-ethyl adjacent to an activating group) is 1. The highest BCUT2D eigenvalue weighted by molar-refractivity contribution is 6.09. The minimum Gasteiger partial charge on any atom is -0.454 e. The monoisotopic (exact) mass is 359 g/mol. The summed E-state index contributed by atoms with van der Waals surface area (Å²) < 4.78 is 4.95. The minimum atomic E-state index is -0.944. The zero-order valence-electron chi connectivity index (χ0n) is 14.7. The third kappa shape index (κ3) is 3.40. The largest absolute Gasteiger partial charge is 0.454 e. The lowest BCUT2D eigenvalue weighted by atomic mass is 9.96. The van der Waals surface area contributed by atoms with Crippen molar-refractivity contribution in [3.05, 3.63) is 30.3 Å². The molecule has 1 saturated carbocycles. The maximum atomic E-state index is 12.4. The Bertz CT molecular complexity index is 746. The number of para-hydroxylation sites is 1. The van der Waals surface area contributed by atoms with Crippen LogP contribution in [0.25, 0.3) is 0 Å². The van der Waals surface area contributed by atoms with Gasteiger partial charge in [-0.15, -0.1) is 0 Å². The number of hydrogen-bond donors (Lipinski definition) is 1. The van der Waals surface area contributed by atoms with Crippen LogP contribution in [-0.4, -0.2) is 54.5 Å². The van der Waals surface area contributed by atoms with Gasteiger partial charge >= 0.3 is 12.0 Å². The standard InChI is InChI=1S/C18H21N3O5/c1-18(12-8-9-12)16(24)21(17(25)19-18)10-15(23)26-11-14(22)20(2)13-6-4-3-5-7-13/h3-7,12H,8-11H2,1-2H3,(H,19,25). The number of nitrogens with zero attached hydrogens (tertiary/aromatic N) is 2. The quantitative estimate of drug-likeness (QED) is 0.602. The number of anilines is 1. The minimum absolute atomic E-state index is 0.112. The van der Waals surface area contributed by atoms with Crippen molar-refractivity contribution in [3.8, 4) is 0 Å². The summed E-state index contributed by atoms with van der Waals surface area (Å²) in [5, 5.41) is 2.66. The predicted molar refractivity (Wildman–Crippen MR) is 92.2 cm³/mol. The number of rotatable bonds is 6. The normalized spacial score (nSPS) is 22.2. The van der Waals surface area contributed by atoms with Crippen molar-refractivity contribution in [3.63, 3.8) is 0 Å². The number of ether oxygens (including phenoxy) is 1. The molecule has 2 fully saturated rings. The summed E-state index contributed by atoms with van der Waals surface area (Å²) in [5.41, 5.74) is -0.274. The molecule has 1 saturated heterocycles. The first-order valence-corrected chi connectivity index (χ1v) is 8.44. The lowest BCUT2D eigenvalue weighted by Gasteiger charge is -2.20. The Kier molecular flexibility index (Phi) is 4.67. The number of hydrogen-bond acceptors (Lipinski definition) is 5. The Morgan fingerprint density at radius 1 is 1.27 bits per heavy atom. The third-order valence-corrected chi connectivity index (χ3v) is 4.86. The van der Waals surface area contributed by atoms with E-state index in [1.807, 2.05) is 6.07 Å². The summed E-state index contributed by atoms with van der Waals surface area (Å²) in [6, 6.07) is 8.32. The molecule has 1 aliphatic carbocycles. The van der Waals surface area contributed by atoms with Crippen molar-refractivity contribution >= 4 is 29.5 Å². The van der Waals surface area contributed by atoms with Gasteiger partial charge in [-0.05, 0) is 37.8 Å². The van der Waals surface area contributed by atoms with Gasteiger partial charge in [0.05, 0.1) is 0 Å². The van der Waals surface area contributed by atoms with Gasteiger partial charge in [-0.3, -0.25) is 19.3 Å². The van der Waals surface area contributed by atoms with Crippen LogP contribution in [0.4, 0.5) is 10.5 Å². The summed E-state index contributed by atoms with van der Waals surface area (Å²) in [7, 11) is 1.57. The first-order valence-electron chi connectivity index (χ1n) is 8.44. The molecule has 1 N–H and O–H groups in total. The maximum absolute atomic E-state index is 12.4. The van der Waals surface area contributed by atoms with E-state index in [0.717, 1.165) is 17.7 Å². The Labute approximate surface area is 151 Å². The summed E-state index contributed by atoms with van der Waals surface area (Å²) in [5.74, 6) is -1.52. The fourth-order valence-electron chi connectivity index (χ4n) is 3.01. The van der Waals surface area contributed by atoms with Gasteiger partial charge in [-0.25, -0.2) is 4.79 Å². The van der Waals surface area contributed by atoms with E-state index in [0.29, 0.717) is 5.69 Å². The van der Waals surface area contributed by atoms with Crippen LogP contribution in [0.1, 0.15) is 19.8 Å². The molecule has 3 rings (SSSR count). The summed E-state index contributed by atoms with van der Waals surface area (Å²) >= 11 is 0. The number of benzene rings is 1. The molecule has 2 aliphatic rings. The third-order valence-electron chi connectivity index (χ3n) is 4.86. The van der Waals surface area contributed by atoms with Gasteiger partial charge in [0, 0.05) is 12.7 Å². The van der Waals surface area contributed by atoms with Crippen LogP contribution in [0.5, 0.6) is 0 Å². The number of carbonyl (C=O) groups excluding carboxylic acids is 4. The second-order valence-electron chi connectivity index (χ2n) is 6.75. The molecule has 1 aromatic carbocycles. The molecule has 0 radical (unpaired) electrons. The van der Waals surface area contributed by atoms with Crippen LogP contribution in [-0.2, 0) is 19.1 Å². The van der Waals surface area contributed by atoms with E-state index < -0.39 is 42.5 Å². The molecular formula is C18H21N3O5. The first kappa shape index (κ1) is 17.9. The SMILES string of the molecule is CN(C(=O)COC(=O)CN1C(=O)NC(C)(C2CC2)C1=O)c1ccccc1. The Hall–Kier alpha value is -2.90. The van der Waals surface area contributed by atoms with Crippen molar-refractivity contribution < 1.29 is 23.9 Å². The zero-order chi connectivity index (χ0) is 18.9. The van der Waals surface area contributed by atoms with Crippen molar-refractivity contribution in [1.82, 2.24) is 10.2 Å². The fraction of sp³-hybridized carbons (Fsp3) is 0.444. The molecule has 8 nitrogen and oxygen atoms in total. The summed E-state index contributed by atoms with van der Waals surface area (Å²) in [4.78, 5) is 50.8. The Morgan fingerprint density at radius 3 is 2.54 bits per heavy atom. The molecule has 1 atom stereocenters. The zero-order valence-corrected chi connectivity index (χ0v) is 14.7. The highest BCUT2D eigenvalue weighted by Gasteiger charge is 2.56. The molecular weight excluding hydrogens is 338 g/mol. The molecule has 0 spiro atoms. The molecule has 26 heavy (non-hydrogen) atoms. The molecule has 0 aromatic heterocycles. The van der Waals surface area contributed by atoms with Crippen molar-refractivity contribution in [2.45, 2.75) is 25.3 Å². The molecule has 4 amide bonds. The molecule has 138 valence electrons. The van der Waals surface area contributed by atoms with Gasteiger partial charge in [-0.1, -0.05) is 18.2 Å². The molecule has 1 aromatic rings. The lowest BCUT2D eigenvalue weighted by Crippen LogP contribution is -2.46. The number of esters is 1. The van der Waals surface area contributed by atoms with E-state index in [4.69, 9.17) is 4.74 Å². The van der Waals surface area contributed by atoms with Gasteiger partial charge in [0.15, 0.2) is 6.61 Å². The second-order valence-corrected chi connectivity index (χ2v) is 6.75. The molecule has 8 heteroatoms. The Balaban J connectivity index is 1.52. The number of nitrogens with one attached hydrogen (secondary N) is 1. The lowest BCUT2D eigenvalue weighted by molar-refractivity contribution is -0.150. The van der Waals surface area contributed by atoms with Gasteiger partial charge < -0.3 is 15.0 Å². The van der Waals surface area contributed by atoms with Crippen LogP contribution < -0.4 is 10.2 Å². The summed E-state index contributed by atoms with van der Waals surface area (Å²) in [6.45, 7) is 0.706. The highest BCUT2D eigenvalue weighted by atomic mass is 16.5. The fourth-order valence-corrected chi connectivity index (χ4v) is 3.01. The topological polar surface area (TPSA) is 96.0 Å². The van der Waals surface area contributed by atoms with Gasteiger partial charge in [0.1, 0.15) is 12.1 Å². The average Bonchev–Trinajstić information content (AvgIpc) is 3.46. The van der Waals surface area contributed by atoms with Crippen molar-refractivity contribution in [2.75, 3.05) is 25.1 Å². The second kappa shape index (κ2) is 6.78.